The second kappa shape index (κ2) is 9.62. The summed E-state index contributed by atoms with van der Waals surface area (Å²) in [6.45, 7) is 2.51. The molecule has 0 aromatic heterocycles. The zero-order valence-electron chi connectivity index (χ0n) is 17.8. The smallest absolute Gasteiger partial charge is 0.253 e. The second-order valence-electron chi connectivity index (χ2n) is 8.00. The normalized spacial score (nSPS) is 19.3. The van der Waals surface area contributed by atoms with Gasteiger partial charge in [0.15, 0.2) is 0 Å². The molecule has 0 aliphatic heterocycles. The van der Waals surface area contributed by atoms with Crippen molar-refractivity contribution < 1.29 is 17.9 Å². The van der Waals surface area contributed by atoms with E-state index in [0.29, 0.717) is 12.1 Å². The molecule has 3 rings (SSSR count). The molecule has 0 bridgehead atoms. The summed E-state index contributed by atoms with van der Waals surface area (Å²) in [6, 6.07) is 14.1. The summed E-state index contributed by atoms with van der Waals surface area (Å²) in [6.07, 6.45) is 3.96. The number of nitrogens with zero attached hydrogens (tertiary/aromatic N) is 1. The molecule has 0 heterocycles. The molecule has 7 heteroatoms. The van der Waals surface area contributed by atoms with Crippen LogP contribution in [0.25, 0.3) is 0 Å². The minimum atomic E-state index is -3.82. The highest BCUT2D eigenvalue weighted by Gasteiger charge is 2.29. The van der Waals surface area contributed by atoms with E-state index in [9.17, 15) is 13.2 Å². The molecule has 6 nitrogen and oxygen atoms in total. The van der Waals surface area contributed by atoms with Crippen LogP contribution in [0.5, 0.6) is 5.75 Å². The van der Waals surface area contributed by atoms with Crippen molar-refractivity contribution in [1.82, 2.24) is 9.62 Å². The molecule has 0 spiro atoms. The Morgan fingerprint density at radius 2 is 1.83 bits per heavy atom. The number of sulfonamides is 1. The average molecular weight is 431 g/mol. The van der Waals surface area contributed by atoms with Gasteiger partial charge in [-0.15, -0.1) is 0 Å². The Kier molecular flexibility index (Phi) is 7.15. The van der Waals surface area contributed by atoms with Gasteiger partial charge in [-0.25, -0.2) is 13.1 Å². The van der Waals surface area contributed by atoms with E-state index in [1.165, 1.54) is 13.2 Å². The number of rotatable bonds is 7. The molecule has 1 aliphatic carbocycles. The third-order valence-electron chi connectivity index (χ3n) is 5.73. The molecular formula is C23H30N2O4S. The molecule has 1 fully saturated rings. The van der Waals surface area contributed by atoms with Crippen molar-refractivity contribution in [2.75, 3.05) is 14.2 Å². The van der Waals surface area contributed by atoms with Crippen molar-refractivity contribution in [2.45, 2.75) is 50.1 Å². The van der Waals surface area contributed by atoms with Crippen LogP contribution in [0.2, 0.25) is 0 Å². The molecular weight excluding hydrogens is 400 g/mol. The van der Waals surface area contributed by atoms with Crippen LogP contribution in [0.3, 0.4) is 0 Å². The first-order chi connectivity index (χ1) is 14.3. The summed E-state index contributed by atoms with van der Waals surface area (Å²) in [5.74, 6) is 0.263. The molecule has 2 aromatic rings. The molecule has 1 saturated carbocycles. The lowest BCUT2D eigenvalue weighted by Crippen LogP contribution is -2.41. The Morgan fingerprint density at radius 3 is 2.50 bits per heavy atom. The van der Waals surface area contributed by atoms with Gasteiger partial charge < -0.3 is 9.64 Å². The first kappa shape index (κ1) is 22.3. The van der Waals surface area contributed by atoms with Crippen LogP contribution in [0.4, 0.5) is 0 Å². The van der Waals surface area contributed by atoms with Crippen molar-refractivity contribution in [3.8, 4) is 5.75 Å². The summed E-state index contributed by atoms with van der Waals surface area (Å²) in [4.78, 5) is 14.5. The van der Waals surface area contributed by atoms with E-state index in [0.717, 1.165) is 31.2 Å². The summed E-state index contributed by atoms with van der Waals surface area (Å²) in [5.41, 5.74) is 1.31. The standard InChI is InChI=1S/C23H30N2O4S/c1-17-9-7-8-12-20(17)24-30(27,28)22-15-19(13-14-21(22)29-3)23(26)25(2)16-18-10-5-4-6-11-18/h4-6,10-11,13-15,17,20,24H,7-9,12,16H2,1-3H3. The minimum absolute atomic E-state index is 0.00161. The number of ether oxygens (including phenoxy) is 1. The van der Waals surface area contributed by atoms with E-state index in [2.05, 4.69) is 11.6 Å². The lowest BCUT2D eigenvalue weighted by Gasteiger charge is -2.29. The zero-order chi connectivity index (χ0) is 21.7. The van der Waals surface area contributed by atoms with Gasteiger partial charge in [0.1, 0.15) is 10.6 Å². The maximum Gasteiger partial charge on any atom is 0.253 e. The van der Waals surface area contributed by atoms with E-state index in [1.807, 2.05) is 30.3 Å². The van der Waals surface area contributed by atoms with Gasteiger partial charge in [-0.1, -0.05) is 50.1 Å². The largest absolute Gasteiger partial charge is 0.495 e. The Bertz CT molecular complexity index is 976. The van der Waals surface area contributed by atoms with Gasteiger partial charge in [-0.05, 0) is 42.5 Å². The highest BCUT2D eigenvalue weighted by Crippen LogP contribution is 2.29. The van der Waals surface area contributed by atoms with Crippen molar-refractivity contribution in [1.29, 1.82) is 0 Å². The second-order valence-corrected chi connectivity index (χ2v) is 9.68. The van der Waals surface area contributed by atoms with Gasteiger partial charge in [0.25, 0.3) is 5.91 Å². The van der Waals surface area contributed by atoms with Crippen LogP contribution in [0.15, 0.2) is 53.4 Å². The van der Waals surface area contributed by atoms with Crippen LogP contribution in [-0.4, -0.2) is 39.4 Å². The van der Waals surface area contributed by atoms with Crippen molar-refractivity contribution in [3.05, 3.63) is 59.7 Å². The van der Waals surface area contributed by atoms with Crippen LogP contribution < -0.4 is 9.46 Å². The molecule has 1 N–H and O–H groups in total. The first-order valence-corrected chi connectivity index (χ1v) is 11.8. The van der Waals surface area contributed by atoms with E-state index in [4.69, 9.17) is 4.74 Å². The Balaban J connectivity index is 1.84. The van der Waals surface area contributed by atoms with Crippen LogP contribution >= 0.6 is 0 Å². The quantitative estimate of drug-likeness (QED) is 0.724. The van der Waals surface area contributed by atoms with Crippen LogP contribution in [0.1, 0.15) is 48.5 Å². The summed E-state index contributed by atoms with van der Waals surface area (Å²) >= 11 is 0. The fourth-order valence-electron chi connectivity index (χ4n) is 3.92. The number of amides is 1. The number of carbonyl (C=O) groups excluding carboxylic acids is 1. The van der Waals surface area contributed by atoms with Crippen molar-refractivity contribution >= 4 is 15.9 Å². The van der Waals surface area contributed by atoms with E-state index in [1.54, 1.807) is 24.1 Å². The lowest BCUT2D eigenvalue weighted by molar-refractivity contribution is 0.0785. The average Bonchev–Trinajstić information content (AvgIpc) is 2.75. The fraction of sp³-hybridized carbons (Fsp3) is 0.435. The number of nitrogens with one attached hydrogen (secondary N) is 1. The fourth-order valence-corrected chi connectivity index (χ4v) is 5.50. The zero-order valence-corrected chi connectivity index (χ0v) is 18.6. The van der Waals surface area contributed by atoms with Gasteiger partial charge >= 0.3 is 0 Å². The molecule has 2 unspecified atom stereocenters. The SMILES string of the molecule is COc1ccc(C(=O)N(C)Cc2ccccc2)cc1S(=O)(=O)NC1CCCCC1C. The Labute approximate surface area is 179 Å². The van der Waals surface area contributed by atoms with Crippen molar-refractivity contribution in [2.24, 2.45) is 5.92 Å². The van der Waals surface area contributed by atoms with Gasteiger partial charge in [0, 0.05) is 25.2 Å². The molecule has 0 saturated heterocycles. The predicted molar refractivity (Wildman–Crippen MR) is 117 cm³/mol. The minimum Gasteiger partial charge on any atom is -0.495 e. The van der Waals surface area contributed by atoms with E-state index < -0.39 is 10.0 Å². The number of benzene rings is 2. The monoisotopic (exact) mass is 430 g/mol. The molecule has 1 amide bonds. The van der Waals surface area contributed by atoms with Gasteiger partial charge in [-0.2, -0.15) is 0 Å². The molecule has 0 radical (unpaired) electrons. The number of hydrogen-bond donors (Lipinski definition) is 1. The topological polar surface area (TPSA) is 75.7 Å². The Hall–Kier alpha value is -2.38. The molecule has 30 heavy (non-hydrogen) atoms. The predicted octanol–water partition coefficient (Wildman–Crippen LogP) is 3.82. The third-order valence-corrected chi connectivity index (χ3v) is 7.24. The molecule has 2 aromatic carbocycles. The number of methoxy groups -OCH3 is 1. The van der Waals surface area contributed by atoms with Crippen LogP contribution in [-0.2, 0) is 16.6 Å². The van der Waals surface area contributed by atoms with Gasteiger partial charge in [0.05, 0.1) is 7.11 Å². The van der Waals surface area contributed by atoms with E-state index in [-0.39, 0.29) is 28.5 Å². The molecule has 2 atom stereocenters. The van der Waals surface area contributed by atoms with Gasteiger partial charge in [-0.3, -0.25) is 4.79 Å². The number of hydrogen-bond acceptors (Lipinski definition) is 4. The summed E-state index contributed by atoms with van der Waals surface area (Å²) < 4.78 is 34.4. The summed E-state index contributed by atoms with van der Waals surface area (Å²) in [7, 11) is -0.687. The molecule has 1 aliphatic rings. The highest BCUT2D eigenvalue weighted by molar-refractivity contribution is 7.89. The highest BCUT2D eigenvalue weighted by atomic mass is 32.2. The number of carbonyl (C=O) groups is 1. The van der Waals surface area contributed by atoms with E-state index >= 15 is 0 Å². The summed E-state index contributed by atoms with van der Waals surface area (Å²) in [5, 5.41) is 0. The van der Waals surface area contributed by atoms with Crippen LogP contribution in [0, 0.1) is 5.92 Å². The maximum absolute atomic E-state index is 13.1. The van der Waals surface area contributed by atoms with Crippen molar-refractivity contribution in [3.63, 3.8) is 0 Å². The third kappa shape index (κ3) is 5.21. The Morgan fingerprint density at radius 1 is 1.13 bits per heavy atom. The maximum atomic E-state index is 13.1. The van der Waals surface area contributed by atoms with Gasteiger partial charge in [0.2, 0.25) is 10.0 Å². The molecule has 162 valence electrons. The lowest BCUT2D eigenvalue weighted by atomic mass is 9.87. The first-order valence-electron chi connectivity index (χ1n) is 10.3.